The highest BCUT2D eigenvalue weighted by atomic mass is 35.5. The first kappa shape index (κ1) is 12.6. The molecule has 0 radical (unpaired) electrons. The van der Waals surface area contributed by atoms with E-state index in [4.69, 9.17) is 11.6 Å². The third-order valence-corrected chi connectivity index (χ3v) is 2.94. The predicted octanol–water partition coefficient (Wildman–Crippen LogP) is 1.43. The fourth-order valence-corrected chi connectivity index (χ4v) is 1.96. The van der Waals surface area contributed by atoms with Gasteiger partial charge in [-0.1, -0.05) is 11.6 Å². The number of anilines is 1. The van der Waals surface area contributed by atoms with Crippen molar-refractivity contribution >= 4 is 34.9 Å². The number of fused-ring (bicyclic) bond motifs is 1. The zero-order valence-corrected chi connectivity index (χ0v) is 10.4. The number of ketones is 1. The molecule has 0 bridgehead atoms. The van der Waals surface area contributed by atoms with Crippen LogP contribution in [-0.4, -0.2) is 31.3 Å². The molecule has 1 aliphatic heterocycles. The van der Waals surface area contributed by atoms with Crippen LogP contribution in [0.3, 0.4) is 0 Å². The summed E-state index contributed by atoms with van der Waals surface area (Å²) in [6.45, 7) is 0.102. The minimum atomic E-state index is -0.642. The van der Waals surface area contributed by atoms with Crippen molar-refractivity contribution in [3.63, 3.8) is 0 Å². The molecule has 0 saturated heterocycles. The molecule has 1 aromatic rings. The maximum atomic E-state index is 11.8. The lowest BCUT2D eigenvalue weighted by molar-refractivity contribution is -0.140. The zero-order chi connectivity index (χ0) is 13.3. The molecule has 1 aliphatic rings. The van der Waals surface area contributed by atoms with Crippen molar-refractivity contribution in [3.05, 3.63) is 28.8 Å². The molecule has 0 fully saturated rings. The van der Waals surface area contributed by atoms with Gasteiger partial charge in [-0.2, -0.15) is 0 Å². The number of benzene rings is 1. The summed E-state index contributed by atoms with van der Waals surface area (Å²) in [4.78, 5) is 35.8. The number of carbonyl (C=O) groups excluding carboxylic acids is 3. The fourth-order valence-electron chi connectivity index (χ4n) is 1.79. The van der Waals surface area contributed by atoms with Crippen LogP contribution >= 0.6 is 11.6 Å². The Morgan fingerprint density at radius 1 is 1.39 bits per heavy atom. The molecule has 5 nitrogen and oxygen atoms in total. The number of hydrogen-bond acceptors (Lipinski definition) is 4. The smallest absolute Gasteiger partial charge is 0.307 e. The van der Waals surface area contributed by atoms with Gasteiger partial charge in [0.15, 0.2) is 0 Å². The summed E-state index contributed by atoms with van der Waals surface area (Å²) in [5.41, 5.74) is 0.760. The lowest BCUT2D eigenvalue weighted by Crippen LogP contribution is -2.31. The van der Waals surface area contributed by atoms with Crippen LogP contribution < -0.4 is 4.90 Å². The van der Waals surface area contributed by atoms with Crippen LogP contribution in [0, 0.1) is 0 Å². The monoisotopic (exact) mass is 267 g/mol. The molecule has 0 spiro atoms. The molecule has 0 aliphatic carbocycles. The number of nitrogens with zero attached hydrogens (tertiary/aromatic N) is 1. The van der Waals surface area contributed by atoms with Gasteiger partial charge in [0.25, 0.3) is 11.7 Å². The average Bonchev–Trinajstić information content (AvgIpc) is 2.59. The van der Waals surface area contributed by atoms with Crippen molar-refractivity contribution in [1.29, 1.82) is 0 Å². The minimum absolute atomic E-state index is 0.0292. The van der Waals surface area contributed by atoms with Gasteiger partial charge in [-0.15, -0.1) is 0 Å². The lowest BCUT2D eigenvalue weighted by atomic mass is 10.1. The standard InChI is InChI=1S/C12H10ClNO4/c1-18-10(15)4-5-14-9-6-7(13)2-3-8(9)11(16)12(14)17/h2-3,6H,4-5H2,1H3. The SMILES string of the molecule is COC(=O)CCN1C(=O)C(=O)c2ccc(Cl)cc21. The van der Waals surface area contributed by atoms with Gasteiger partial charge in [0.1, 0.15) is 0 Å². The molecule has 18 heavy (non-hydrogen) atoms. The maximum Gasteiger partial charge on any atom is 0.307 e. The van der Waals surface area contributed by atoms with Crippen molar-refractivity contribution in [2.45, 2.75) is 6.42 Å². The van der Waals surface area contributed by atoms with Gasteiger partial charge in [0, 0.05) is 11.6 Å². The first-order valence-corrected chi connectivity index (χ1v) is 5.65. The Hall–Kier alpha value is -1.88. The number of halogens is 1. The Bertz CT molecular complexity index is 541. The van der Waals surface area contributed by atoms with Crippen molar-refractivity contribution in [2.24, 2.45) is 0 Å². The second-order valence-corrected chi connectivity index (χ2v) is 4.21. The number of ether oxygens (including phenoxy) is 1. The van der Waals surface area contributed by atoms with Gasteiger partial charge in [-0.3, -0.25) is 14.4 Å². The Morgan fingerprint density at radius 3 is 2.78 bits per heavy atom. The molecule has 1 heterocycles. The van der Waals surface area contributed by atoms with E-state index in [1.807, 2.05) is 0 Å². The van der Waals surface area contributed by atoms with Crippen LogP contribution in [0.2, 0.25) is 5.02 Å². The second kappa shape index (κ2) is 4.78. The topological polar surface area (TPSA) is 63.7 Å². The van der Waals surface area contributed by atoms with Gasteiger partial charge < -0.3 is 9.64 Å². The van der Waals surface area contributed by atoms with Gasteiger partial charge >= 0.3 is 5.97 Å². The minimum Gasteiger partial charge on any atom is -0.469 e. The van der Waals surface area contributed by atoms with Crippen LogP contribution in [0.25, 0.3) is 0 Å². The van der Waals surface area contributed by atoms with E-state index in [9.17, 15) is 14.4 Å². The quantitative estimate of drug-likeness (QED) is 0.614. The molecular weight excluding hydrogens is 258 g/mol. The molecule has 0 N–H and O–H groups in total. The second-order valence-electron chi connectivity index (χ2n) is 3.77. The Balaban J connectivity index is 2.27. The fraction of sp³-hybridized carbons (Fsp3) is 0.250. The first-order valence-electron chi connectivity index (χ1n) is 5.27. The Labute approximate surface area is 108 Å². The van der Waals surface area contributed by atoms with Crippen LogP contribution in [0.1, 0.15) is 16.8 Å². The van der Waals surface area contributed by atoms with E-state index in [1.54, 1.807) is 6.07 Å². The number of carbonyl (C=O) groups is 3. The van der Waals surface area contributed by atoms with E-state index >= 15 is 0 Å². The normalized spacial score (nSPS) is 13.8. The van der Waals surface area contributed by atoms with Crippen LogP contribution in [-0.2, 0) is 14.3 Å². The molecule has 6 heteroatoms. The summed E-state index contributed by atoms with van der Waals surface area (Å²) in [7, 11) is 1.27. The molecule has 0 saturated carbocycles. The molecule has 1 amide bonds. The Morgan fingerprint density at radius 2 is 2.11 bits per heavy atom. The highest BCUT2D eigenvalue weighted by molar-refractivity contribution is 6.52. The summed E-state index contributed by atoms with van der Waals surface area (Å²) >= 11 is 5.83. The number of amides is 1. The van der Waals surface area contributed by atoms with E-state index in [1.165, 1.54) is 24.1 Å². The molecule has 1 aromatic carbocycles. The average molecular weight is 268 g/mol. The summed E-state index contributed by atoms with van der Waals surface area (Å²) < 4.78 is 4.50. The van der Waals surface area contributed by atoms with Gasteiger partial charge in [-0.25, -0.2) is 0 Å². The van der Waals surface area contributed by atoms with Gasteiger partial charge in [0.2, 0.25) is 0 Å². The van der Waals surface area contributed by atoms with E-state index in [-0.39, 0.29) is 13.0 Å². The van der Waals surface area contributed by atoms with Crippen molar-refractivity contribution < 1.29 is 19.1 Å². The number of rotatable bonds is 3. The van der Waals surface area contributed by atoms with Gasteiger partial charge in [-0.05, 0) is 18.2 Å². The number of hydrogen-bond donors (Lipinski definition) is 0. The number of Topliss-reactive ketones (excluding diaryl/α,β-unsaturated/α-hetero) is 1. The predicted molar refractivity (Wildman–Crippen MR) is 64.8 cm³/mol. The molecule has 0 unspecified atom stereocenters. The molecule has 0 atom stereocenters. The van der Waals surface area contributed by atoms with Crippen molar-refractivity contribution in [1.82, 2.24) is 0 Å². The van der Waals surface area contributed by atoms with E-state index in [2.05, 4.69) is 4.74 Å². The molecule has 2 rings (SSSR count). The third-order valence-electron chi connectivity index (χ3n) is 2.70. The highest BCUT2D eigenvalue weighted by Gasteiger charge is 2.35. The highest BCUT2D eigenvalue weighted by Crippen LogP contribution is 2.31. The molecule has 0 aromatic heterocycles. The van der Waals surface area contributed by atoms with E-state index in [0.717, 1.165) is 0 Å². The van der Waals surface area contributed by atoms with Crippen molar-refractivity contribution in [2.75, 3.05) is 18.6 Å². The Kier molecular flexibility index (Phi) is 3.34. The summed E-state index contributed by atoms with van der Waals surface area (Å²) in [5, 5.41) is 0.430. The van der Waals surface area contributed by atoms with Crippen LogP contribution in [0.15, 0.2) is 18.2 Å². The van der Waals surface area contributed by atoms with Crippen LogP contribution in [0.5, 0.6) is 0 Å². The third kappa shape index (κ3) is 2.09. The summed E-state index contributed by atoms with van der Waals surface area (Å²) in [6, 6.07) is 4.60. The lowest BCUT2D eigenvalue weighted by Gasteiger charge is -2.15. The zero-order valence-electron chi connectivity index (χ0n) is 9.60. The molecular formula is C12H10ClNO4. The molecule has 94 valence electrons. The number of methoxy groups -OCH3 is 1. The van der Waals surface area contributed by atoms with Gasteiger partial charge in [0.05, 0.1) is 24.8 Å². The summed E-state index contributed by atoms with van der Waals surface area (Å²) in [6.07, 6.45) is 0.0292. The van der Waals surface area contributed by atoms with Crippen LogP contribution in [0.4, 0.5) is 5.69 Å². The summed E-state index contributed by atoms with van der Waals surface area (Å²) in [5.74, 6) is -1.66. The van der Waals surface area contributed by atoms with E-state index < -0.39 is 17.7 Å². The largest absolute Gasteiger partial charge is 0.469 e. The maximum absolute atomic E-state index is 11.8. The van der Waals surface area contributed by atoms with Crippen molar-refractivity contribution in [3.8, 4) is 0 Å². The number of esters is 1. The first-order chi connectivity index (χ1) is 8.54. The van der Waals surface area contributed by atoms with E-state index in [0.29, 0.717) is 16.3 Å².